The molecule has 1 aliphatic heterocycles. The number of anilines is 1. The Morgan fingerprint density at radius 3 is 2.26 bits per heavy atom. The van der Waals surface area contributed by atoms with E-state index in [1.807, 2.05) is 13.0 Å². The lowest BCUT2D eigenvalue weighted by molar-refractivity contribution is -0.137. The number of carbonyl (C=O) groups excluding carboxylic acids is 3. The van der Waals surface area contributed by atoms with Crippen molar-refractivity contribution in [1.29, 1.82) is 0 Å². The van der Waals surface area contributed by atoms with Gasteiger partial charge in [0.15, 0.2) is 0 Å². The Hall–Kier alpha value is -3.97. The van der Waals surface area contributed by atoms with Crippen molar-refractivity contribution < 1.29 is 24.3 Å². The molecular weight excluding hydrogens is 468 g/mol. The van der Waals surface area contributed by atoms with Crippen molar-refractivity contribution in [2.75, 3.05) is 4.90 Å². The second-order valence-electron chi connectivity index (χ2n) is 8.32. The van der Waals surface area contributed by atoms with E-state index in [2.05, 4.69) is 5.32 Å². The summed E-state index contributed by atoms with van der Waals surface area (Å²) >= 11 is 6.43. The van der Waals surface area contributed by atoms with Crippen LogP contribution in [0.15, 0.2) is 72.8 Å². The maximum atomic E-state index is 14.0. The van der Waals surface area contributed by atoms with Gasteiger partial charge in [-0.3, -0.25) is 24.6 Å². The van der Waals surface area contributed by atoms with Crippen molar-refractivity contribution in [3.63, 3.8) is 0 Å². The SMILES string of the molecule is CCC1(N(C(=O)c2ccc(Cl)c(-c3ccc(C(=O)O)cc3)c2)c2ccccc2)CCC(=O)NC1=O. The molecule has 1 aliphatic rings. The number of piperidine rings is 1. The molecule has 1 fully saturated rings. The van der Waals surface area contributed by atoms with Gasteiger partial charge in [0.25, 0.3) is 11.8 Å². The van der Waals surface area contributed by atoms with Crippen LogP contribution in [0.3, 0.4) is 0 Å². The monoisotopic (exact) mass is 490 g/mol. The van der Waals surface area contributed by atoms with Crippen LogP contribution in [0.5, 0.6) is 0 Å². The molecule has 0 aromatic heterocycles. The van der Waals surface area contributed by atoms with Gasteiger partial charge in [0, 0.05) is 28.3 Å². The lowest BCUT2D eigenvalue weighted by Gasteiger charge is -2.44. The summed E-state index contributed by atoms with van der Waals surface area (Å²) in [5.74, 6) is -2.33. The third-order valence-corrected chi connectivity index (χ3v) is 6.66. The van der Waals surface area contributed by atoms with E-state index in [1.54, 1.807) is 54.6 Å². The van der Waals surface area contributed by atoms with E-state index in [0.717, 1.165) is 0 Å². The Morgan fingerprint density at radius 2 is 1.66 bits per heavy atom. The number of amides is 3. The van der Waals surface area contributed by atoms with Gasteiger partial charge < -0.3 is 5.11 Å². The molecule has 1 saturated heterocycles. The number of halogens is 1. The highest BCUT2D eigenvalue weighted by atomic mass is 35.5. The minimum Gasteiger partial charge on any atom is -0.478 e. The average molecular weight is 491 g/mol. The Kier molecular flexibility index (Phi) is 6.71. The number of hydrogen-bond donors (Lipinski definition) is 2. The molecule has 1 unspecified atom stereocenters. The lowest BCUT2D eigenvalue weighted by Crippen LogP contribution is -2.64. The van der Waals surface area contributed by atoms with Crippen molar-refractivity contribution in [3.8, 4) is 11.1 Å². The Labute approximate surface area is 207 Å². The molecule has 8 heteroatoms. The number of nitrogens with one attached hydrogen (secondary N) is 1. The van der Waals surface area contributed by atoms with Gasteiger partial charge in [-0.1, -0.05) is 48.9 Å². The fourth-order valence-corrected chi connectivity index (χ4v) is 4.61. The van der Waals surface area contributed by atoms with Crippen LogP contribution in [0.1, 0.15) is 46.9 Å². The molecular formula is C27H23ClN2O5. The summed E-state index contributed by atoms with van der Waals surface area (Å²) in [4.78, 5) is 51.7. The largest absolute Gasteiger partial charge is 0.478 e. The van der Waals surface area contributed by atoms with E-state index in [9.17, 15) is 19.2 Å². The zero-order valence-electron chi connectivity index (χ0n) is 19.0. The first kappa shape index (κ1) is 24.2. The van der Waals surface area contributed by atoms with Crippen molar-refractivity contribution in [2.45, 2.75) is 31.7 Å². The maximum absolute atomic E-state index is 14.0. The standard InChI is InChI=1S/C27H23ClN2O5/c1-2-27(15-14-23(31)29-26(27)35)30(20-6-4-3-5-7-20)24(32)19-12-13-22(28)21(16-19)17-8-10-18(11-9-17)25(33)34/h3-13,16H,2,14-15H2,1H3,(H,33,34)(H,29,31,35). The molecule has 35 heavy (non-hydrogen) atoms. The number of carboxylic acid groups (broad SMARTS) is 1. The van der Waals surface area contributed by atoms with E-state index in [4.69, 9.17) is 16.7 Å². The van der Waals surface area contributed by atoms with Gasteiger partial charge in [0.1, 0.15) is 5.54 Å². The minimum atomic E-state index is -1.24. The number of carbonyl (C=O) groups is 4. The molecule has 7 nitrogen and oxygen atoms in total. The van der Waals surface area contributed by atoms with Crippen LogP contribution in [-0.4, -0.2) is 34.3 Å². The van der Waals surface area contributed by atoms with Crippen LogP contribution in [0.25, 0.3) is 11.1 Å². The second kappa shape index (κ2) is 9.72. The van der Waals surface area contributed by atoms with E-state index >= 15 is 0 Å². The minimum absolute atomic E-state index is 0.123. The highest BCUT2D eigenvalue weighted by molar-refractivity contribution is 6.33. The molecule has 0 spiro atoms. The second-order valence-corrected chi connectivity index (χ2v) is 8.72. The van der Waals surface area contributed by atoms with Crippen molar-refractivity contribution >= 4 is 41.0 Å². The summed E-state index contributed by atoms with van der Waals surface area (Å²) in [6.07, 6.45) is 0.633. The number of hydrogen-bond acceptors (Lipinski definition) is 4. The normalized spacial score (nSPS) is 17.5. The number of para-hydroxylation sites is 1. The first-order valence-electron chi connectivity index (χ1n) is 11.1. The van der Waals surface area contributed by atoms with Gasteiger partial charge in [-0.15, -0.1) is 0 Å². The van der Waals surface area contributed by atoms with Crippen molar-refractivity contribution in [2.24, 2.45) is 0 Å². The number of benzene rings is 3. The first-order chi connectivity index (χ1) is 16.8. The molecule has 0 saturated carbocycles. The van der Waals surface area contributed by atoms with E-state index < -0.39 is 23.3 Å². The van der Waals surface area contributed by atoms with Crippen LogP contribution in [-0.2, 0) is 9.59 Å². The van der Waals surface area contributed by atoms with Gasteiger partial charge in [-0.25, -0.2) is 4.79 Å². The molecule has 3 amide bonds. The molecule has 3 aromatic carbocycles. The smallest absolute Gasteiger partial charge is 0.335 e. The molecule has 2 N–H and O–H groups in total. The van der Waals surface area contributed by atoms with Gasteiger partial charge >= 0.3 is 5.97 Å². The summed E-state index contributed by atoms with van der Waals surface area (Å²) < 4.78 is 0. The fourth-order valence-electron chi connectivity index (χ4n) is 4.38. The lowest BCUT2D eigenvalue weighted by atomic mass is 9.83. The highest BCUT2D eigenvalue weighted by Crippen LogP contribution is 2.36. The number of carboxylic acids is 1. The van der Waals surface area contributed by atoms with Crippen LogP contribution in [0.4, 0.5) is 5.69 Å². The van der Waals surface area contributed by atoms with E-state index in [0.29, 0.717) is 33.8 Å². The third kappa shape index (κ3) is 4.55. The number of imide groups is 1. The van der Waals surface area contributed by atoms with Gasteiger partial charge in [-0.2, -0.15) is 0 Å². The summed E-state index contributed by atoms with van der Waals surface area (Å²) in [6, 6.07) is 19.9. The zero-order valence-corrected chi connectivity index (χ0v) is 19.7. The molecule has 0 bridgehead atoms. The summed E-state index contributed by atoms with van der Waals surface area (Å²) in [6.45, 7) is 1.82. The van der Waals surface area contributed by atoms with E-state index in [-0.39, 0.29) is 24.3 Å². The van der Waals surface area contributed by atoms with Gasteiger partial charge in [-0.05, 0) is 60.9 Å². The fraction of sp³-hybridized carbons (Fsp3) is 0.185. The number of aromatic carboxylic acids is 1. The molecule has 4 rings (SSSR count). The molecule has 0 aliphatic carbocycles. The summed E-state index contributed by atoms with van der Waals surface area (Å²) in [7, 11) is 0. The van der Waals surface area contributed by atoms with Crippen LogP contribution >= 0.6 is 11.6 Å². The molecule has 0 radical (unpaired) electrons. The van der Waals surface area contributed by atoms with Gasteiger partial charge in [0.05, 0.1) is 5.56 Å². The van der Waals surface area contributed by atoms with Crippen molar-refractivity contribution in [1.82, 2.24) is 5.32 Å². The Bertz CT molecular complexity index is 1310. The first-order valence-corrected chi connectivity index (χ1v) is 11.5. The number of rotatable bonds is 6. The van der Waals surface area contributed by atoms with Crippen molar-refractivity contribution in [3.05, 3.63) is 88.9 Å². The molecule has 3 aromatic rings. The Morgan fingerprint density at radius 1 is 1.00 bits per heavy atom. The van der Waals surface area contributed by atoms with Gasteiger partial charge in [0.2, 0.25) is 5.91 Å². The summed E-state index contributed by atoms with van der Waals surface area (Å²) in [5, 5.41) is 12.0. The molecule has 178 valence electrons. The topological polar surface area (TPSA) is 104 Å². The molecule has 1 heterocycles. The van der Waals surface area contributed by atoms with Crippen LogP contribution < -0.4 is 10.2 Å². The maximum Gasteiger partial charge on any atom is 0.335 e. The summed E-state index contributed by atoms with van der Waals surface area (Å²) in [5.41, 5.74) is 0.924. The van der Waals surface area contributed by atoms with Crippen LogP contribution in [0, 0.1) is 0 Å². The van der Waals surface area contributed by atoms with Crippen LogP contribution in [0.2, 0.25) is 5.02 Å². The predicted octanol–water partition coefficient (Wildman–Crippen LogP) is 4.94. The molecule has 1 atom stereocenters. The predicted molar refractivity (Wildman–Crippen MR) is 133 cm³/mol. The van der Waals surface area contributed by atoms with E-state index in [1.165, 1.54) is 17.0 Å². The number of nitrogens with zero attached hydrogens (tertiary/aromatic N) is 1. The third-order valence-electron chi connectivity index (χ3n) is 6.33. The zero-order chi connectivity index (χ0) is 25.2. The highest BCUT2D eigenvalue weighted by Gasteiger charge is 2.49. The quantitative estimate of drug-likeness (QED) is 0.476. The Balaban J connectivity index is 1.81. The average Bonchev–Trinajstić information content (AvgIpc) is 2.86.